The quantitative estimate of drug-likeness (QED) is 0.545. The molecule has 1 spiro atoms. The minimum atomic E-state index is -0.349. The average Bonchev–Trinajstić information content (AvgIpc) is 3.54. The Balaban J connectivity index is 1.24. The van der Waals surface area contributed by atoms with Crippen LogP contribution in [0.3, 0.4) is 0 Å². The summed E-state index contributed by atoms with van der Waals surface area (Å²) in [5.41, 5.74) is 3.32. The maximum absolute atomic E-state index is 13.1. The number of hydrogen-bond acceptors (Lipinski definition) is 7. The van der Waals surface area contributed by atoms with Gasteiger partial charge in [-0.1, -0.05) is 24.2 Å². The van der Waals surface area contributed by atoms with Crippen molar-refractivity contribution in [3.05, 3.63) is 63.4 Å². The highest BCUT2D eigenvalue weighted by molar-refractivity contribution is 7.13. The Morgan fingerprint density at radius 3 is 2.60 bits per heavy atom. The van der Waals surface area contributed by atoms with Gasteiger partial charge in [0.15, 0.2) is 11.5 Å². The second-order valence-corrected chi connectivity index (χ2v) is 10.7. The first kappa shape index (κ1) is 22.4. The van der Waals surface area contributed by atoms with E-state index >= 15 is 0 Å². The van der Waals surface area contributed by atoms with Crippen LogP contribution in [0.25, 0.3) is 0 Å². The molecule has 3 aromatic rings. The van der Waals surface area contributed by atoms with Crippen molar-refractivity contribution in [1.82, 2.24) is 15.1 Å². The van der Waals surface area contributed by atoms with Gasteiger partial charge in [0, 0.05) is 23.7 Å². The minimum Gasteiger partial charge on any atom is -0.486 e. The lowest BCUT2D eigenvalue weighted by Gasteiger charge is -2.46. The lowest BCUT2D eigenvalue weighted by molar-refractivity contribution is 0.102. The number of benzene rings is 2. The Bertz CT molecular complexity index is 1260. The fraction of sp³-hybridized carbons (Fsp3) is 0.423. The Hall–Kier alpha value is -3.04. The van der Waals surface area contributed by atoms with E-state index in [2.05, 4.69) is 39.5 Å². The normalized spacial score (nSPS) is 20.6. The number of aromatic nitrogens is 2. The van der Waals surface area contributed by atoms with Crippen molar-refractivity contribution in [2.75, 3.05) is 25.1 Å². The van der Waals surface area contributed by atoms with Crippen LogP contribution in [-0.2, 0) is 12.0 Å². The topological polar surface area (TPSA) is 76.6 Å². The number of rotatable bonds is 4. The summed E-state index contributed by atoms with van der Waals surface area (Å²) in [5, 5.41) is 12.3. The summed E-state index contributed by atoms with van der Waals surface area (Å²) in [7, 11) is 0. The Labute approximate surface area is 207 Å². The summed E-state index contributed by atoms with van der Waals surface area (Å²) >= 11 is 1.30. The van der Waals surface area contributed by atoms with Crippen molar-refractivity contribution in [3.63, 3.8) is 0 Å². The maximum atomic E-state index is 13.1. The molecule has 6 rings (SSSR count). The third kappa shape index (κ3) is 4.16. The van der Waals surface area contributed by atoms with Crippen molar-refractivity contribution in [3.8, 4) is 11.5 Å². The van der Waals surface area contributed by atoms with Crippen LogP contribution in [0.2, 0.25) is 0 Å². The van der Waals surface area contributed by atoms with Crippen LogP contribution in [0.4, 0.5) is 10.1 Å². The Kier molecular flexibility index (Phi) is 5.69. The average molecular weight is 495 g/mol. The van der Waals surface area contributed by atoms with Crippen LogP contribution in [0, 0.1) is 5.82 Å². The molecule has 1 unspecified atom stereocenters. The molecule has 1 N–H and O–H groups in total. The number of nitrogens with zero attached hydrogens (tertiary/aromatic N) is 3. The first-order valence-electron chi connectivity index (χ1n) is 12.1. The van der Waals surface area contributed by atoms with E-state index in [9.17, 15) is 9.18 Å². The van der Waals surface area contributed by atoms with E-state index in [1.54, 1.807) is 0 Å². The standard InChI is InChI=1S/C26H27FN4O3S/c1-16-19-12-21-22(34-11-10-33-21)13-20(19)26(8-2-3-9-26)15-31(16)14-23-29-30-25(35-23)24(32)28-18-6-4-17(27)5-7-18/h4-7,12-13,16H,2-3,8-11,14-15H2,1H3,(H,28,32). The highest BCUT2D eigenvalue weighted by Gasteiger charge is 2.45. The van der Waals surface area contributed by atoms with Crippen LogP contribution in [0.1, 0.15) is 64.6 Å². The van der Waals surface area contributed by atoms with Crippen molar-refractivity contribution in [2.24, 2.45) is 0 Å². The van der Waals surface area contributed by atoms with E-state index < -0.39 is 0 Å². The Morgan fingerprint density at radius 2 is 1.86 bits per heavy atom. The highest BCUT2D eigenvalue weighted by Crippen LogP contribution is 2.52. The Morgan fingerprint density at radius 1 is 1.14 bits per heavy atom. The van der Waals surface area contributed by atoms with Gasteiger partial charge in [-0.15, -0.1) is 10.2 Å². The molecule has 1 amide bonds. The van der Waals surface area contributed by atoms with E-state index in [1.165, 1.54) is 59.6 Å². The summed E-state index contributed by atoms with van der Waals surface area (Å²) in [6.45, 7) is 4.95. The largest absolute Gasteiger partial charge is 0.486 e. The molecule has 2 aromatic carbocycles. The third-order valence-corrected chi connectivity index (χ3v) is 8.36. The van der Waals surface area contributed by atoms with Gasteiger partial charge in [0.25, 0.3) is 5.91 Å². The summed E-state index contributed by atoms with van der Waals surface area (Å²) in [6, 6.07) is 10.2. The van der Waals surface area contributed by atoms with Gasteiger partial charge in [-0.2, -0.15) is 0 Å². The molecule has 182 valence electrons. The zero-order valence-corrected chi connectivity index (χ0v) is 20.4. The van der Waals surface area contributed by atoms with Gasteiger partial charge >= 0.3 is 0 Å². The molecule has 9 heteroatoms. The smallest absolute Gasteiger partial charge is 0.286 e. The molecule has 3 aliphatic rings. The van der Waals surface area contributed by atoms with Gasteiger partial charge in [0.2, 0.25) is 5.01 Å². The van der Waals surface area contributed by atoms with Crippen LogP contribution >= 0.6 is 11.3 Å². The van der Waals surface area contributed by atoms with Crippen molar-refractivity contribution < 1.29 is 18.7 Å². The summed E-state index contributed by atoms with van der Waals surface area (Å²) in [6.07, 6.45) is 4.76. The molecule has 0 radical (unpaired) electrons. The zero-order chi connectivity index (χ0) is 24.0. The van der Waals surface area contributed by atoms with Crippen LogP contribution in [0.15, 0.2) is 36.4 Å². The van der Waals surface area contributed by atoms with Gasteiger partial charge in [-0.3, -0.25) is 9.69 Å². The SMILES string of the molecule is CC1c2cc3c(cc2C2(CCCC2)CN1Cc1nnc(C(=O)Nc2ccc(F)cc2)s1)OCCO3. The second kappa shape index (κ2) is 8.87. The molecule has 3 heterocycles. The number of nitrogens with one attached hydrogen (secondary N) is 1. The number of carbonyl (C=O) groups is 1. The van der Waals surface area contributed by atoms with Crippen LogP contribution in [-0.4, -0.2) is 40.8 Å². The number of fused-ring (bicyclic) bond motifs is 3. The molecule has 0 saturated heterocycles. The minimum absolute atomic E-state index is 0.102. The van der Waals surface area contributed by atoms with Crippen molar-refractivity contribution in [1.29, 1.82) is 0 Å². The monoisotopic (exact) mass is 494 g/mol. The molecule has 35 heavy (non-hydrogen) atoms. The lowest BCUT2D eigenvalue weighted by atomic mass is 9.71. The van der Waals surface area contributed by atoms with E-state index in [-0.39, 0.29) is 23.2 Å². The van der Waals surface area contributed by atoms with E-state index in [1.807, 2.05) is 0 Å². The van der Waals surface area contributed by atoms with Gasteiger partial charge in [-0.05, 0) is 67.3 Å². The van der Waals surface area contributed by atoms with Crippen LogP contribution in [0.5, 0.6) is 11.5 Å². The summed E-state index contributed by atoms with van der Waals surface area (Å²) < 4.78 is 24.9. The first-order valence-corrected chi connectivity index (χ1v) is 12.9. The number of anilines is 1. The van der Waals surface area contributed by atoms with E-state index in [0.717, 1.165) is 35.9 Å². The molecule has 2 aliphatic heterocycles. The van der Waals surface area contributed by atoms with Gasteiger partial charge < -0.3 is 14.8 Å². The summed E-state index contributed by atoms with van der Waals surface area (Å²) in [4.78, 5) is 15.1. The predicted molar refractivity (Wildman–Crippen MR) is 131 cm³/mol. The molecule has 1 saturated carbocycles. The first-order chi connectivity index (χ1) is 17.0. The molecule has 0 bridgehead atoms. The third-order valence-electron chi connectivity index (χ3n) is 7.45. The van der Waals surface area contributed by atoms with E-state index in [0.29, 0.717) is 30.5 Å². The van der Waals surface area contributed by atoms with Crippen molar-refractivity contribution >= 4 is 22.9 Å². The number of halogens is 1. The molecular formula is C26H27FN4O3S. The zero-order valence-electron chi connectivity index (χ0n) is 19.6. The lowest BCUT2D eigenvalue weighted by Crippen LogP contribution is -2.45. The van der Waals surface area contributed by atoms with Gasteiger partial charge in [0.1, 0.15) is 24.0 Å². The van der Waals surface area contributed by atoms with Crippen LogP contribution < -0.4 is 14.8 Å². The fourth-order valence-electron chi connectivity index (χ4n) is 5.69. The predicted octanol–water partition coefficient (Wildman–Crippen LogP) is 5.09. The molecule has 1 fully saturated rings. The molecule has 1 aromatic heterocycles. The number of carbonyl (C=O) groups excluding carboxylic acids is 1. The van der Waals surface area contributed by atoms with E-state index in [4.69, 9.17) is 9.47 Å². The van der Waals surface area contributed by atoms with Gasteiger partial charge in [0.05, 0.1) is 6.54 Å². The van der Waals surface area contributed by atoms with Crippen molar-refractivity contribution in [2.45, 2.75) is 50.6 Å². The maximum Gasteiger partial charge on any atom is 0.286 e. The number of amides is 1. The molecular weight excluding hydrogens is 467 g/mol. The molecule has 1 atom stereocenters. The fourth-order valence-corrected chi connectivity index (χ4v) is 6.45. The number of ether oxygens (including phenoxy) is 2. The molecule has 7 nitrogen and oxygen atoms in total. The highest BCUT2D eigenvalue weighted by atomic mass is 32.1. The molecule has 1 aliphatic carbocycles. The second-order valence-electron chi connectivity index (χ2n) is 9.61. The van der Waals surface area contributed by atoms with Gasteiger partial charge in [-0.25, -0.2) is 4.39 Å². The number of hydrogen-bond donors (Lipinski definition) is 1. The summed E-state index contributed by atoms with van der Waals surface area (Å²) in [5.74, 6) is 1.00.